The lowest BCUT2D eigenvalue weighted by Gasteiger charge is -2.09. The molecule has 0 fully saturated rings. The van der Waals surface area contributed by atoms with Crippen molar-refractivity contribution in [2.24, 2.45) is 0 Å². The molecule has 0 bridgehead atoms. The van der Waals surface area contributed by atoms with Crippen LogP contribution in [0.1, 0.15) is 21.6 Å². The van der Waals surface area contributed by atoms with Crippen LogP contribution >= 0.6 is 11.3 Å². The van der Waals surface area contributed by atoms with Crippen LogP contribution in [-0.4, -0.2) is 24.0 Å². The van der Waals surface area contributed by atoms with E-state index in [9.17, 15) is 9.59 Å². The average molecular weight is 382 g/mol. The van der Waals surface area contributed by atoms with Gasteiger partial charge in [0.1, 0.15) is 0 Å². The molecular formula is C20H18N2O4S. The molecule has 1 aromatic heterocycles. The number of aromatic nitrogens is 1. The summed E-state index contributed by atoms with van der Waals surface area (Å²) in [6, 6.07) is 14.2. The number of hydrogen-bond donors (Lipinski definition) is 1. The Kier molecular flexibility index (Phi) is 5.83. The zero-order valence-electron chi connectivity index (χ0n) is 14.9. The van der Waals surface area contributed by atoms with Gasteiger partial charge in [-0.05, 0) is 36.8 Å². The molecule has 1 N–H and O–H groups in total. The number of benzene rings is 2. The van der Waals surface area contributed by atoms with Crippen molar-refractivity contribution in [2.75, 3.05) is 12.4 Å². The third kappa shape index (κ3) is 4.92. The van der Waals surface area contributed by atoms with E-state index in [1.807, 2.05) is 19.1 Å². The number of nitrogens with one attached hydrogen (secondary N) is 1. The van der Waals surface area contributed by atoms with Crippen LogP contribution in [0.2, 0.25) is 0 Å². The van der Waals surface area contributed by atoms with Gasteiger partial charge in [-0.2, -0.15) is 0 Å². The first-order valence-electron chi connectivity index (χ1n) is 8.21. The number of nitrogens with zero attached hydrogens (tertiary/aromatic N) is 1. The zero-order chi connectivity index (χ0) is 19.2. The van der Waals surface area contributed by atoms with Crippen LogP contribution < -0.4 is 14.8 Å². The van der Waals surface area contributed by atoms with Gasteiger partial charge in [0, 0.05) is 10.9 Å². The van der Waals surface area contributed by atoms with Crippen LogP contribution in [0, 0.1) is 6.92 Å². The van der Waals surface area contributed by atoms with Crippen molar-refractivity contribution in [3.8, 4) is 11.5 Å². The molecule has 6 nitrogen and oxygen atoms in total. The molecule has 0 unspecified atom stereocenters. The highest BCUT2D eigenvalue weighted by Crippen LogP contribution is 2.28. The van der Waals surface area contributed by atoms with Gasteiger partial charge >= 0.3 is 5.97 Å². The fourth-order valence-electron chi connectivity index (χ4n) is 2.37. The lowest BCUT2D eigenvalue weighted by Crippen LogP contribution is -2.13. The highest BCUT2D eigenvalue weighted by atomic mass is 32.1. The van der Waals surface area contributed by atoms with Crippen LogP contribution in [0.5, 0.6) is 11.5 Å². The quantitative estimate of drug-likeness (QED) is 0.517. The van der Waals surface area contributed by atoms with Gasteiger partial charge in [0.25, 0.3) is 5.91 Å². The van der Waals surface area contributed by atoms with E-state index in [4.69, 9.17) is 9.47 Å². The molecule has 0 radical (unpaired) electrons. The maximum absolute atomic E-state index is 12.2. The Morgan fingerprint density at radius 2 is 1.89 bits per heavy atom. The zero-order valence-corrected chi connectivity index (χ0v) is 15.7. The van der Waals surface area contributed by atoms with E-state index in [0.29, 0.717) is 27.9 Å². The van der Waals surface area contributed by atoms with Crippen LogP contribution in [0.4, 0.5) is 5.13 Å². The predicted octanol–water partition coefficient (Wildman–Crippen LogP) is 3.86. The number of aryl methyl sites for hydroxylation is 1. The largest absolute Gasteiger partial charge is 0.493 e. The summed E-state index contributed by atoms with van der Waals surface area (Å²) in [5.74, 6) is 0.158. The topological polar surface area (TPSA) is 77.5 Å². The van der Waals surface area contributed by atoms with Gasteiger partial charge in [-0.15, -0.1) is 11.3 Å². The molecule has 7 heteroatoms. The van der Waals surface area contributed by atoms with E-state index in [2.05, 4.69) is 10.3 Å². The molecule has 1 amide bonds. The molecule has 0 aliphatic heterocycles. The molecule has 1 heterocycles. The number of amides is 1. The van der Waals surface area contributed by atoms with Crippen molar-refractivity contribution >= 4 is 28.3 Å². The van der Waals surface area contributed by atoms with Gasteiger partial charge < -0.3 is 9.47 Å². The van der Waals surface area contributed by atoms with Crippen LogP contribution in [0.15, 0.2) is 53.9 Å². The lowest BCUT2D eigenvalue weighted by molar-refractivity contribution is -0.133. The highest BCUT2D eigenvalue weighted by molar-refractivity contribution is 7.14. The third-order valence-corrected chi connectivity index (χ3v) is 4.48. The maximum Gasteiger partial charge on any atom is 0.317 e. The summed E-state index contributed by atoms with van der Waals surface area (Å²) in [4.78, 5) is 28.6. The summed E-state index contributed by atoms with van der Waals surface area (Å²) in [5, 5.41) is 4.87. The fraction of sp³-hybridized carbons (Fsp3) is 0.150. The monoisotopic (exact) mass is 382 g/mol. The summed E-state index contributed by atoms with van der Waals surface area (Å²) in [5.41, 5.74) is 2.07. The minimum absolute atomic E-state index is 0.00522. The molecule has 0 aliphatic carbocycles. The number of anilines is 1. The Hall–Kier alpha value is -3.19. The summed E-state index contributed by atoms with van der Waals surface area (Å²) < 4.78 is 10.6. The Balaban J connectivity index is 1.60. The smallest absolute Gasteiger partial charge is 0.317 e. The third-order valence-electron chi connectivity index (χ3n) is 3.68. The van der Waals surface area contributed by atoms with E-state index in [-0.39, 0.29) is 12.3 Å². The Bertz CT molecular complexity index is 954. The summed E-state index contributed by atoms with van der Waals surface area (Å²) in [7, 11) is 1.52. The lowest BCUT2D eigenvalue weighted by atomic mass is 10.2. The molecule has 3 aromatic rings. The van der Waals surface area contributed by atoms with Crippen molar-refractivity contribution in [3.05, 3.63) is 70.7 Å². The van der Waals surface area contributed by atoms with E-state index in [0.717, 1.165) is 5.56 Å². The normalized spacial score (nSPS) is 10.3. The molecule has 27 heavy (non-hydrogen) atoms. The van der Waals surface area contributed by atoms with Gasteiger partial charge in [-0.25, -0.2) is 4.98 Å². The van der Waals surface area contributed by atoms with Crippen LogP contribution in [-0.2, 0) is 11.2 Å². The number of thiazole rings is 1. The number of hydrogen-bond acceptors (Lipinski definition) is 6. The van der Waals surface area contributed by atoms with Crippen molar-refractivity contribution in [2.45, 2.75) is 13.3 Å². The number of methoxy groups -OCH3 is 1. The van der Waals surface area contributed by atoms with E-state index < -0.39 is 5.97 Å². The Labute approximate surface area is 160 Å². The molecule has 0 saturated carbocycles. The minimum atomic E-state index is -0.455. The van der Waals surface area contributed by atoms with Crippen molar-refractivity contribution in [3.63, 3.8) is 0 Å². The van der Waals surface area contributed by atoms with Crippen molar-refractivity contribution in [1.82, 2.24) is 4.98 Å². The fourth-order valence-corrected chi connectivity index (χ4v) is 3.08. The number of esters is 1. The molecule has 0 atom stereocenters. The molecule has 138 valence electrons. The summed E-state index contributed by atoms with van der Waals surface area (Å²) in [6.07, 6.45) is -0.00522. The number of rotatable bonds is 6. The summed E-state index contributed by atoms with van der Waals surface area (Å²) in [6.45, 7) is 1.93. The Morgan fingerprint density at radius 1 is 1.11 bits per heavy atom. The van der Waals surface area contributed by atoms with Crippen LogP contribution in [0.25, 0.3) is 0 Å². The minimum Gasteiger partial charge on any atom is -0.493 e. The van der Waals surface area contributed by atoms with Gasteiger partial charge in [0.15, 0.2) is 16.6 Å². The Morgan fingerprint density at radius 3 is 2.63 bits per heavy atom. The standard InChI is InChI=1S/C20H18N2O4S/c1-13-8-9-16(17(10-13)25-2)26-18(23)11-15-12-27-20(21-15)22-19(24)14-6-4-3-5-7-14/h3-10,12H,11H2,1-2H3,(H,21,22,24). The molecule has 2 aromatic carbocycles. The first-order valence-corrected chi connectivity index (χ1v) is 9.09. The molecule has 3 rings (SSSR count). The van der Waals surface area contributed by atoms with E-state index >= 15 is 0 Å². The highest BCUT2D eigenvalue weighted by Gasteiger charge is 2.14. The van der Waals surface area contributed by atoms with Crippen molar-refractivity contribution in [1.29, 1.82) is 0 Å². The first kappa shape index (κ1) is 18.6. The predicted molar refractivity (Wildman–Crippen MR) is 104 cm³/mol. The number of ether oxygens (including phenoxy) is 2. The second kappa shape index (κ2) is 8.46. The average Bonchev–Trinajstić information content (AvgIpc) is 3.10. The SMILES string of the molecule is COc1cc(C)ccc1OC(=O)Cc1csc(NC(=O)c2ccccc2)n1. The van der Waals surface area contributed by atoms with Gasteiger partial charge in [-0.3, -0.25) is 14.9 Å². The van der Waals surface area contributed by atoms with Gasteiger partial charge in [0.2, 0.25) is 0 Å². The first-order chi connectivity index (χ1) is 13.0. The second-order valence-electron chi connectivity index (χ2n) is 5.77. The molecule has 0 aliphatic rings. The number of carbonyl (C=O) groups is 2. The van der Waals surface area contributed by atoms with Crippen molar-refractivity contribution < 1.29 is 19.1 Å². The maximum atomic E-state index is 12.2. The summed E-state index contributed by atoms with van der Waals surface area (Å²) >= 11 is 1.25. The van der Waals surface area contributed by atoms with E-state index in [1.54, 1.807) is 41.8 Å². The van der Waals surface area contributed by atoms with Crippen LogP contribution in [0.3, 0.4) is 0 Å². The molecular weight excluding hydrogens is 364 g/mol. The number of carbonyl (C=O) groups excluding carboxylic acids is 2. The second-order valence-corrected chi connectivity index (χ2v) is 6.63. The molecule has 0 spiro atoms. The molecule has 0 saturated heterocycles. The van der Waals surface area contributed by atoms with E-state index in [1.165, 1.54) is 18.4 Å². The van der Waals surface area contributed by atoms with Gasteiger partial charge in [-0.1, -0.05) is 24.3 Å². The van der Waals surface area contributed by atoms with Gasteiger partial charge in [0.05, 0.1) is 19.2 Å².